The second kappa shape index (κ2) is 5.68. The summed E-state index contributed by atoms with van der Waals surface area (Å²) >= 11 is 5.51. The fourth-order valence-corrected chi connectivity index (χ4v) is 1.32. The lowest BCUT2D eigenvalue weighted by atomic mass is 10.1. The van der Waals surface area contributed by atoms with E-state index in [1.165, 1.54) is 0 Å². The minimum absolute atomic E-state index is 0.198. The lowest BCUT2D eigenvalue weighted by molar-refractivity contribution is 0.242. The lowest BCUT2D eigenvalue weighted by Crippen LogP contribution is -2.05. The van der Waals surface area contributed by atoms with Crippen LogP contribution in [0, 0.1) is 18.8 Å². The summed E-state index contributed by atoms with van der Waals surface area (Å²) in [6.07, 6.45) is 0.198. The predicted molar refractivity (Wildman–Crippen MR) is 64.5 cm³/mol. The van der Waals surface area contributed by atoms with Crippen molar-refractivity contribution >= 4 is 11.6 Å². The molecule has 1 aromatic carbocycles. The summed E-state index contributed by atoms with van der Waals surface area (Å²) in [5.41, 5.74) is 2.12. The fraction of sp³-hybridized carbons (Fsp3) is 0.385. The van der Waals surface area contributed by atoms with Gasteiger partial charge in [0, 0.05) is 5.56 Å². The molecule has 0 unspecified atom stereocenters. The Morgan fingerprint density at radius 2 is 2.13 bits per heavy atom. The summed E-state index contributed by atoms with van der Waals surface area (Å²) in [5.74, 6) is 7.10. The lowest BCUT2D eigenvalue weighted by Gasteiger charge is -2.10. The molecular weight excluding hydrogens is 208 g/mol. The van der Waals surface area contributed by atoms with Gasteiger partial charge in [-0.1, -0.05) is 11.8 Å². The molecule has 0 aliphatic rings. The number of hydrogen-bond donors (Lipinski definition) is 0. The third-order valence-corrected chi connectivity index (χ3v) is 1.99. The predicted octanol–water partition coefficient (Wildman–Crippen LogP) is 3.37. The maximum absolute atomic E-state index is 5.58. The van der Waals surface area contributed by atoms with E-state index in [-0.39, 0.29) is 6.10 Å². The van der Waals surface area contributed by atoms with Crippen molar-refractivity contribution in [3.05, 3.63) is 29.3 Å². The molecule has 0 radical (unpaired) electrons. The van der Waals surface area contributed by atoms with Gasteiger partial charge in [-0.3, -0.25) is 0 Å². The molecule has 0 saturated carbocycles. The van der Waals surface area contributed by atoms with E-state index in [2.05, 4.69) is 11.8 Å². The topological polar surface area (TPSA) is 9.23 Å². The standard InChI is InChI=1S/C13H15ClO/c1-10(2)15-13-7-6-12(5-4-8-14)11(3)9-13/h6-7,9-10H,8H2,1-3H3. The van der Waals surface area contributed by atoms with Gasteiger partial charge in [-0.15, -0.1) is 11.6 Å². The first-order valence-electron chi connectivity index (χ1n) is 4.95. The van der Waals surface area contributed by atoms with Gasteiger partial charge in [0.2, 0.25) is 0 Å². The van der Waals surface area contributed by atoms with Gasteiger partial charge in [0.1, 0.15) is 5.75 Å². The minimum Gasteiger partial charge on any atom is -0.491 e. The first-order valence-corrected chi connectivity index (χ1v) is 5.49. The Hall–Kier alpha value is -1.13. The van der Waals surface area contributed by atoms with E-state index in [1.807, 2.05) is 39.0 Å². The van der Waals surface area contributed by atoms with Gasteiger partial charge in [-0.2, -0.15) is 0 Å². The van der Waals surface area contributed by atoms with E-state index >= 15 is 0 Å². The van der Waals surface area contributed by atoms with Crippen LogP contribution in [0.2, 0.25) is 0 Å². The molecule has 0 fully saturated rings. The van der Waals surface area contributed by atoms with Crippen molar-refractivity contribution in [1.82, 2.24) is 0 Å². The molecule has 0 bridgehead atoms. The van der Waals surface area contributed by atoms with Crippen LogP contribution in [0.3, 0.4) is 0 Å². The maximum atomic E-state index is 5.58. The average molecular weight is 223 g/mol. The third kappa shape index (κ3) is 3.85. The second-order valence-corrected chi connectivity index (χ2v) is 3.85. The summed E-state index contributed by atoms with van der Waals surface area (Å²) in [4.78, 5) is 0. The highest BCUT2D eigenvalue weighted by Gasteiger charge is 2.00. The Bertz CT molecular complexity index is 385. The maximum Gasteiger partial charge on any atom is 0.120 e. The molecule has 80 valence electrons. The monoisotopic (exact) mass is 222 g/mol. The van der Waals surface area contributed by atoms with Crippen LogP contribution in [0.15, 0.2) is 18.2 Å². The van der Waals surface area contributed by atoms with E-state index in [4.69, 9.17) is 16.3 Å². The number of ether oxygens (including phenoxy) is 1. The van der Waals surface area contributed by atoms with Gasteiger partial charge in [0.05, 0.1) is 12.0 Å². The minimum atomic E-state index is 0.198. The highest BCUT2D eigenvalue weighted by molar-refractivity contribution is 6.19. The van der Waals surface area contributed by atoms with Crippen LogP contribution in [0.25, 0.3) is 0 Å². The molecule has 1 aromatic rings. The Balaban J connectivity index is 2.88. The second-order valence-electron chi connectivity index (χ2n) is 3.58. The molecule has 1 rings (SSSR count). The smallest absolute Gasteiger partial charge is 0.120 e. The van der Waals surface area contributed by atoms with Crippen molar-refractivity contribution in [2.24, 2.45) is 0 Å². The number of rotatable bonds is 2. The summed E-state index contributed by atoms with van der Waals surface area (Å²) in [6.45, 7) is 6.04. The Kier molecular flexibility index (Phi) is 4.52. The van der Waals surface area contributed by atoms with Crippen LogP contribution in [-0.4, -0.2) is 12.0 Å². The highest BCUT2D eigenvalue weighted by atomic mass is 35.5. The molecule has 0 heterocycles. The quantitative estimate of drug-likeness (QED) is 0.551. The van der Waals surface area contributed by atoms with Crippen LogP contribution in [0.5, 0.6) is 5.75 Å². The first-order chi connectivity index (χ1) is 7.13. The van der Waals surface area contributed by atoms with Gasteiger partial charge in [0.25, 0.3) is 0 Å². The van der Waals surface area contributed by atoms with Crippen molar-refractivity contribution in [3.63, 3.8) is 0 Å². The zero-order chi connectivity index (χ0) is 11.3. The van der Waals surface area contributed by atoms with Crippen molar-refractivity contribution < 1.29 is 4.74 Å². The summed E-state index contributed by atoms with van der Waals surface area (Å²) < 4.78 is 5.58. The van der Waals surface area contributed by atoms with Crippen molar-refractivity contribution in [2.45, 2.75) is 26.9 Å². The van der Waals surface area contributed by atoms with E-state index in [1.54, 1.807) is 0 Å². The molecule has 0 atom stereocenters. The number of aryl methyl sites for hydroxylation is 1. The Labute approximate surface area is 96.4 Å². The van der Waals surface area contributed by atoms with E-state index in [0.29, 0.717) is 5.88 Å². The van der Waals surface area contributed by atoms with Crippen LogP contribution >= 0.6 is 11.6 Å². The molecule has 0 aromatic heterocycles. The summed E-state index contributed by atoms with van der Waals surface area (Å²) in [5, 5.41) is 0. The number of halogens is 1. The third-order valence-electron chi connectivity index (χ3n) is 1.86. The van der Waals surface area contributed by atoms with Crippen LogP contribution < -0.4 is 4.74 Å². The van der Waals surface area contributed by atoms with Crippen LogP contribution in [-0.2, 0) is 0 Å². The van der Waals surface area contributed by atoms with Gasteiger partial charge in [-0.25, -0.2) is 0 Å². The van der Waals surface area contributed by atoms with Gasteiger partial charge >= 0.3 is 0 Å². The molecule has 0 aliphatic heterocycles. The summed E-state index contributed by atoms with van der Waals surface area (Å²) in [6, 6.07) is 5.90. The normalized spacial score (nSPS) is 9.67. The molecule has 1 nitrogen and oxygen atoms in total. The Morgan fingerprint density at radius 1 is 1.40 bits per heavy atom. The largest absolute Gasteiger partial charge is 0.491 e. The van der Waals surface area contributed by atoms with E-state index in [9.17, 15) is 0 Å². The molecule has 0 saturated heterocycles. The SMILES string of the molecule is Cc1cc(OC(C)C)ccc1C#CCCl. The molecule has 0 aliphatic carbocycles. The van der Waals surface area contributed by atoms with Crippen molar-refractivity contribution in [1.29, 1.82) is 0 Å². The number of benzene rings is 1. The molecule has 0 spiro atoms. The zero-order valence-corrected chi connectivity index (χ0v) is 10.1. The summed E-state index contributed by atoms with van der Waals surface area (Å²) in [7, 11) is 0. The van der Waals surface area contributed by atoms with E-state index in [0.717, 1.165) is 16.9 Å². The first kappa shape index (κ1) is 11.9. The number of hydrogen-bond acceptors (Lipinski definition) is 1. The van der Waals surface area contributed by atoms with Gasteiger partial charge in [0.15, 0.2) is 0 Å². The van der Waals surface area contributed by atoms with Crippen molar-refractivity contribution in [3.8, 4) is 17.6 Å². The highest BCUT2D eigenvalue weighted by Crippen LogP contribution is 2.17. The van der Waals surface area contributed by atoms with Gasteiger partial charge in [-0.05, 0) is 44.5 Å². The average Bonchev–Trinajstić information content (AvgIpc) is 2.15. The number of alkyl halides is 1. The Morgan fingerprint density at radius 3 is 2.67 bits per heavy atom. The van der Waals surface area contributed by atoms with E-state index < -0.39 is 0 Å². The molecule has 2 heteroatoms. The van der Waals surface area contributed by atoms with Crippen molar-refractivity contribution in [2.75, 3.05) is 5.88 Å². The van der Waals surface area contributed by atoms with Crippen LogP contribution in [0.4, 0.5) is 0 Å². The molecular formula is C13H15ClO. The zero-order valence-electron chi connectivity index (χ0n) is 9.30. The molecule has 15 heavy (non-hydrogen) atoms. The molecule has 0 amide bonds. The van der Waals surface area contributed by atoms with Gasteiger partial charge < -0.3 is 4.74 Å². The molecule has 0 N–H and O–H groups in total. The van der Waals surface area contributed by atoms with Crippen LogP contribution in [0.1, 0.15) is 25.0 Å². The fourth-order valence-electron chi connectivity index (χ4n) is 1.25.